The zero-order chi connectivity index (χ0) is 28.3. The van der Waals surface area contributed by atoms with Crippen LogP contribution in [0, 0.1) is 0 Å². The van der Waals surface area contributed by atoms with Gasteiger partial charge in [-0.1, -0.05) is 146 Å². The Labute approximate surface area is 246 Å². The molecule has 5 aromatic rings. The third-order valence-corrected chi connectivity index (χ3v) is 8.31. The smallest absolute Gasteiger partial charge is 0.264 e. The van der Waals surface area contributed by atoms with Crippen molar-refractivity contribution in [3.8, 4) is 0 Å². The normalized spacial score (nSPS) is 13.4. The van der Waals surface area contributed by atoms with Gasteiger partial charge in [-0.25, -0.2) is 0 Å². The van der Waals surface area contributed by atoms with Gasteiger partial charge in [0.15, 0.2) is 0 Å². The Morgan fingerprint density at radius 2 is 0.927 bits per heavy atom. The molecule has 2 nitrogen and oxygen atoms in total. The van der Waals surface area contributed by atoms with Crippen molar-refractivity contribution in [3.05, 3.63) is 157 Å². The van der Waals surface area contributed by atoms with E-state index in [-0.39, 0.29) is 0 Å². The van der Waals surface area contributed by atoms with Gasteiger partial charge in [0.2, 0.25) is 0 Å². The van der Waals surface area contributed by atoms with Crippen LogP contribution in [0.1, 0.15) is 25.3 Å². The Hall–Kier alpha value is -4.37. The lowest BCUT2D eigenvalue weighted by atomic mass is 9.13. The zero-order valence-corrected chi connectivity index (χ0v) is 24.4. The molecule has 0 fully saturated rings. The van der Waals surface area contributed by atoms with Crippen LogP contribution in [0.4, 0.5) is 0 Å². The highest BCUT2D eigenvalue weighted by Crippen LogP contribution is 2.12. The van der Waals surface area contributed by atoms with Gasteiger partial charge < -0.3 is 0 Å². The summed E-state index contributed by atoms with van der Waals surface area (Å²) < 4.78 is 2.38. The Morgan fingerprint density at radius 1 is 0.561 bits per heavy atom. The van der Waals surface area contributed by atoms with E-state index < -0.39 is 6.15 Å². The predicted octanol–water partition coefficient (Wildman–Crippen LogP) is 5.26. The highest BCUT2D eigenvalue weighted by Gasteiger charge is 2.31. The van der Waals surface area contributed by atoms with E-state index in [4.69, 9.17) is 0 Å². The van der Waals surface area contributed by atoms with Gasteiger partial charge in [0.1, 0.15) is 6.15 Å². The molecule has 1 aliphatic heterocycles. The number of nitrogens with zero attached hydrogens (tertiary/aromatic N) is 2. The van der Waals surface area contributed by atoms with Crippen LogP contribution in [0.25, 0.3) is 0 Å². The van der Waals surface area contributed by atoms with Crippen molar-refractivity contribution in [2.24, 2.45) is 0 Å². The van der Waals surface area contributed by atoms with Crippen molar-refractivity contribution < 1.29 is 4.58 Å². The Balaban J connectivity index is 0.000000182. The SMILES string of the molecule is CCCN1CCC[N+](C)=C1c1ccccc1.c1ccc([B-](c2ccccc2)(c2ccccc2)c2ccccc2)cc1. The molecule has 41 heavy (non-hydrogen) atoms. The fourth-order valence-corrected chi connectivity index (χ4v) is 6.55. The first-order valence-electron chi connectivity index (χ1n) is 15.0. The molecular formula is C38H41BN2. The van der Waals surface area contributed by atoms with E-state index in [0.717, 1.165) is 6.54 Å². The topological polar surface area (TPSA) is 6.25 Å². The second kappa shape index (κ2) is 13.8. The second-order valence-electron chi connectivity index (χ2n) is 11.0. The van der Waals surface area contributed by atoms with Crippen LogP contribution < -0.4 is 21.9 Å². The van der Waals surface area contributed by atoms with Crippen LogP contribution in [-0.4, -0.2) is 48.1 Å². The van der Waals surface area contributed by atoms with Crippen molar-refractivity contribution in [1.29, 1.82) is 0 Å². The van der Waals surface area contributed by atoms with Crippen LogP contribution in [0.3, 0.4) is 0 Å². The highest BCUT2D eigenvalue weighted by atomic mass is 15.2. The lowest BCUT2D eigenvalue weighted by Crippen LogP contribution is -2.74. The molecular weight excluding hydrogens is 495 g/mol. The minimum absolute atomic E-state index is 1.16. The molecule has 1 aliphatic rings. The molecule has 0 saturated carbocycles. The maximum atomic E-state index is 2.51. The average molecular weight is 537 g/mol. The van der Waals surface area contributed by atoms with Crippen molar-refractivity contribution >= 4 is 33.8 Å². The van der Waals surface area contributed by atoms with Gasteiger partial charge in [-0.3, -0.25) is 9.48 Å². The summed E-state index contributed by atoms with van der Waals surface area (Å²) in [4.78, 5) is 2.51. The summed E-state index contributed by atoms with van der Waals surface area (Å²) in [5.41, 5.74) is 6.70. The van der Waals surface area contributed by atoms with Crippen molar-refractivity contribution in [1.82, 2.24) is 4.90 Å². The summed E-state index contributed by atoms with van der Waals surface area (Å²) >= 11 is 0. The van der Waals surface area contributed by atoms with Crippen molar-refractivity contribution in [2.75, 3.05) is 26.7 Å². The molecule has 1 heterocycles. The molecule has 0 amide bonds. The van der Waals surface area contributed by atoms with Crippen LogP contribution in [0.2, 0.25) is 0 Å². The number of hydrogen-bond acceptors (Lipinski definition) is 1. The minimum atomic E-state index is -1.22. The fourth-order valence-electron chi connectivity index (χ4n) is 6.55. The van der Waals surface area contributed by atoms with Crippen LogP contribution >= 0.6 is 0 Å². The van der Waals surface area contributed by atoms with E-state index in [1.54, 1.807) is 0 Å². The van der Waals surface area contributed by atoms with E-state index in [2.05, 4.69) is 175 Å². The molecule has 0 radical (unpaired) electrons. The second-order valence-corrected chi connectivity index (χ2v) is 11.0. The number of benzene rings is 5. The molecule has 0 spiro atoms. The molecule has 0 aliphatic carbocycles. The lowest BCUT2D eigenvalue weighted by Gasteiger charge is -2.44. The number of rotatable bonds is 7. The molecule has 0 saturated heterocycles. The maximum absolute atomic E-state index is 2.51. The minimum Gasteiger partial charge on any atom is -0.264 e. The van der Waals surface area contributed by atoms with Crippen LogP contribution in [-0.2, 0) is 0 Å². The van der Waals surface area contributed by atoms with Gasteiger partial charge in [0, 0.05) is 6.42 Å². The van der Waals surface area contributed by atoms with Gasteiger partial charge in [0.25, 0.3) is 5.84 Å². The standard InChI is InChI=1S/C24H20B.C14H21N2/c1-5-13-21(14-6-1)25(22-15-7-2-8-16-22,23-17-9-3-10-18-23)24-19-11-4-12-20-24;1-3-10-16-12-7-11-15(2)14(16)13-8-5-4-6-9-13/h1-20H;4-6,8-9H,3,7,10-12H2,1-2H3/q-1;+1. The summed E-state index contributed by atoms with van der Waals surface area (Å²) in [5, 5.41) is 0. The van der Waals surface area contributed by atoms with E-state index in [9.17, 15) is 0 Å². The molecule has 6 rings (SSSR count). The molecule has 0 aromatic heterocycles. The molecule has 5 aromatic carbocycles. The largest absolute Gasteiger partial charge is 0.278 e. The summed E-state index contributed by atoms with van der Waals surface area (Å²) in [6, 6.07) is 54.3. The lowest BCUT2D eigenvalue weighted by molar-refractivity contribution is -0.508. The average Bonchev–Trinajstić information content (AvgIpc) is 3.05. The van der Waals surface area contributed by atoms with Crippen LogP contribution in [0.15, 0.2) is 152 Å². The molecule has 0 bridgehead atoms. The first-order chi connectivity index (χ1) is 20.2. The van der Waals surface area contributed by atoms with Gasteiger partial charge in [-0.05, 0) is 18.6 Å². The van der Waals surface area contributed by atoms with Crippen molar-refractivity contribution in [2.45, 2.75) is 19.8 Å². The third kappa shape index (κ3) is 6.20. The number of hydrogen-bond donors (Lipinski definition) is 0. The fraction of sp³-hybridized carbons (Fsp3) is 0.184. The summed E-state index contributed by atoms with van der Waals surface area (Å²) in [6.45, 7) is 5.78. The monoisotopic (exact) mass is 536 g/mol. The third-order valence-electron chi connectivity index (χ3n) is 8.31. The van der Waals surface area contributed by atoms with Gasteiger partial charge in [0.05, 0.1) is 32.2 Å². The Bertz CT molecular complexity index is 1340. The molecule has 0 atom stereocenters. The molecule has 0 N–H and O–H groups in total. The highest BCUT2D eigenvalue weighted by molar-refractivity contribution is 7.19. The Kier molecular flexibility index (Phi) is 9.49. The summed E-state index contributed by atoms with van der Waals surface area (Å²) in [6.07, 6.45) is 1.27. The van der Waals surface area contributed by atoms with Gasteiger partial charge >= 0.3 is 0 Å². The van der Waals surface area contributed by atoms with Crippen molar-refractivity contribution in [3.63, 3.8) is 0 Å². The van der Waals surface area contributed by atoms with E-state index in [0.29, 0.717) is 0 Å². The molecule has 3 heteroatoms. The molecule has 0 unspecified atom stereocenters. The van der Waals surface area contributed by atoms with E-state index >= 15 is 0 Å². The maximum Gasteiger partial charge on any atom is 0.278 e. The summed E-state index contributed by atoms with van der Waals surface area (Å²) in [7, 11) is 2.20. The van der Waals surface area contributed by atoms with E-state index in [1.807, 2.05) is 0 Å². The van der Waals surface area contributed by atoms with Gasteiger partial charge in [-0.2, -0.15) is 21.9 Å². The predicted molar refractivity (Wildman–Crippen MR) is 178 cm³/mol. The Morgan fingerprint density at radius 3 is 1.29 bits per heavy atom. The first kappa shape index (κ1) is 28.2. The van der Waals surface area contributed by atoms with Crippen LogP contribution in [0.5, 0.6) is 0 Å². The molecule has 206 valence electrons. The number of amidine groups is 1. The van der Waals surface area contributed by atoms with Gasteiger partial charge in [-0.15, -0.1) is 0 Å². The first-order valence-corrected chi connectivity index (χ1v) is 15.0. The quantitative estimate of drug-likeness (QED) is 0.203. The van der Waals surface area contributed by atoms with E-state index in [1.165, 1.54) is 59.2 Å². The summed E-state index contributed by atoms with van der Waals surface area (Å²) in [5.74, 6) is 1.40. The zero-order valence-electron chi connectivity index (χ0n) is 24.4.